The van der Waals surface area contributed by atoms with E-state index in [1.54, 1.807) is 6.07 Å². The molecule has 0 aromatic heterocycles. The third-order valence-electron chi connectivity index (χ3n) is 0.940. The number of hydrogen-bond acceptors (Lipinski definition) is 6. The van der Waals surface area contributed by atoms with E-state index in [9.17, 15) is 8.42 Å². The van der Waals surface area contributed by atoms with Crippen molar-refractivity contribution >= 4 is 85.6 Å². The average molecular weight is 273 g/mol. The number of allylic oxidation sites excluding steroid dienone is 1. The fourth-order valence-electron chi connectivity index (χ4n) is 0.456. The summed E-state index contributed by atoms with van der Waals surface area (Å²) in [6, 6.07) is 3.34. The zero-order valence-corrected chi connectivity index (χ0v) is 13.3. The summed E-state index contributed by atoms with van der Waals surface area (Å²) >= 11 is 4.74. The van der Waals surface area contributed by atoms with Gasteiger partial charge in [0.2, 0.25) is 0 Å². The van der Waals surface area contributed by atoms with Crippen molar-refractivity contribution in [3.05, 3.63) is 9.14 Å². The van der Waals surface area contributed by atoms with Crippen LogP contribution in [0.3, 0.4) is 0 Å². The molecule has 0 saturated carbocycles. The number of hydrogen-bond donors (Lipinski definition) is 1. The van der Waals surface area contributed by atoms with Gasteiger partial charge in [-0.2, -0.15) is 10.5 Å². The first-order chi connectivity index (χ1) is 5.93. The van der Waals surface area contributed by atoms with Gasteiger partial charge in [-0.25, -0.2) is 8.42 Å². The number of sulfone groups is 1. The molecule has 0 heterocycles. The van der Waals surface area contributed by atoms with Crippen LogP contribution < -0.4 is 0 Å². The largest absolute Gasteiger partial charge is 0.223 e. The van der Waals surface area contributed by atoms with E-state index in [4.69, 9.17) is 10.5 Å². The normalized spacial score (nSPS) is 11.7. The van der Waals surface area contributed by atoms with Crippen molar-refractivity contribution in [2.45, 2.75) is 0 Å². The van der Waals surface area contributed by atoms with Gasteiger partial charge >= 0.3 is 0 Å². The second kappa shape index (κ2) is 8.19. The molecule has 0 aromatic carbocycles. The maximum absolute atomic E-state index is 10.9. The summed E-state index contributed by atoms with van der Waals surface area (Å²) in [5, 5.41) is 16.7. The van der Waals surface area contributed by atoms with Gasteiger partial charge in [-0.15, -0.1) is 24.4 Å². The Morgan fingerprint density at radius 2 is 2.00 bits per heavy atom. The van der Waals surface area contributed by atoms with Gasteiger partial charge < -0.3 is 0 Å². The van der Waals surface area contributed by atoms with Crippen molar-refractivity contribution in [2.75, 3.05) is 12.0 Å². The van der Waals surface area contributed by atoms with E-state index in [1.165, 1.54) is 6.07 Å². The summed E-state index contributed by atoms with van der Waals surface area (Å²) < 4.78 is 21.9. The Morgan fingerprint density at radius 3 is 2.29 bits per heavy atom. The minimum Gasteiger partial charge on any atom is -0.223 e. The summed E-state index contributed by atoms with van der Waals surface area (Å²) in [5.74, 6) is 0.0690. The number of nitrogens with zero attached hydrogens (tertiary/aromatic N) is 2. The maximum Gasteiger partial charge on any atom is 0.187 e. The smallest absolute Gasteiger partial charge is 0.187 e. The van der Waals surface area contributed by atoms with E-state index >= 15 is 0 Å². The Balaban J connectivity index is 0. The standard InChI is InChI=1S/C6H6N2O2S3.K/c1-13(9,10)5(4-8)6(11)12-3-2-7;/h11H,3H2,1H3;. The van der Waals surface area contributed by atoms with Gasteiger partial charge in [-0.1, -0.05) is 0 Å². The topological polar surface area (TPSA) is 81.7 Å². The van der Waals surface area contributed by atoms with Gasteiger partial charge in [-0.3, -0.25) is 0 Å². The quantitative estimate of drug-likeness (QED) is 0.461. The number of thiol groups is 1. The molecule has 0 aromatic rings. The molecule has 0 N–H and O–H groups in total. The fraction of sp³-hybridized carbons (Fsp3) is 0.333. The first kappa shape index (κ1) is 17.4. The molecule has 14 heavy (non-hydrogen) atoms. The van der Waals surface area contributed by atoms with E-state index in [0.717, 1.165) is 18.0 Å². The van der Waals surface area contributed by atoms with Crippen LogP contribution in [-0.4, -0.2) is 71.8 Å². The molecule has 0 aliphatic carbocycles. The monoisotopic (exact) mass is 273 g/mol. The van der Waals surface area contributed by atoms with Gasteiger partial charge in [0.05, 0.1) is 16.1 Å². The van der Waals surface area contributed by atoms with Crippen LogP contribution in [-0.2, 0) is 9.84 Å². The van der Waals surface area contributed by atoms with Gasteiger partial charge in [0, 0.05) is 57.6 Å². The van der Waals surface area contributed by atoms with E-state index < -0.39 is 14.7 Å². The van der Waals surface area contributed by atoms with Crippen LogP contribution in [0, 0.1) is 22.7 Å². The number of rotatable bonds is 3. The predicted molar refractivity (Wildman–Crippen MR) is 60.3 cm³/mol. The van der Waals surface area contributed by atoms with Crippen molar-refractivity contribution in [1.82, 2.24) is 0 Å². The molecule has 1 radical (unpaired) electrons. The molecule has 71 valence electrons. The Bertz CT molecular complexity index is 402. The Labute approximate surface area is 135 Å². The molecule has 8 heteroatoms. The molecule has 0 aliphatic rings. The molecule has 0 aliphatic heterocycles. The second-order valence-corrected chi connectivity index (χ2v) is 5.65. The Morgan fingerprint density at radius 1 is 1.50 bits per heavy atom. The Hall–Kier alpha value is 1.01. The van der Waals surface area contributed by atoms with E-state index in [-0.39, 0.29) is 61.4 Å². The molecule has 0 bridgehead atoms. The third kappa shape index (κ3) is 6.48. The molecule has 0 spiro atoms. The molecular weight excluding hydrogens is 267 g/mol. The van der Waals surface area contributed by atoms with Crippen LogP contribution >= 0.6 is 24.4 Å². The molecule has 0 rings (SSSR count). The van der Waals surface area contributed by atoms with Crippen LogP contribution in [0.25, 0.3) is 0 Å². The van der Waals surface area contributed by atoms with Crippen LogP contribution in [0.15, 0.2) is 9.14 Å². The summed E-state index contributed by atoms with van der Waals surface area (Å²) in [6.07, 6.45) is 0.925. The maximum atomic E-state index is 10.9. The van der Waals surface area contributed by atoms with Crippen molar-refractivity contribution in [2.24, 2.45) is 0 Å². The minimum atomic E-state index is -3.53. The molecule has 0 saturated heterocycles. The SMILES string of the molecule is CS(=O)(=O)C(C#N)=C(S)SCC#N.[K]. The van der Waals surface area contributed by atoms with Crippen LogP contribution in [0.4, 0.5) is 0 Å². The molecule has 0 atom stereocenters. The summed E-state index contributed by atoms with van der Waals surface area (Å²) in [7, 11) is -3.53. The van der Waals surface area contributed by atoms with Crippen molar-refractivity contribution in [1.29, 1.82) is 10.5 Å². The third-order valence-corrected chi connectivity index (χ3v) is 3.62. The van der Waals surface area contributed by atoms with E-state index in [1.807, 2.05) is 0 Å². The average Bonchev–Trinajstić information content (AvgIpc) is 1.99. The molecule has 0 amide bonds. The molecular formula is C6H6KN2O2S3. The van der Waals surface area contributed by atoms with Crippen molar-refractivity contribution in [3.8, 4) is 12.1 Å². The second-order valence-electron chi connectivity index (χ2n) is 1.97. The number of thioether (sulfide) groups is 1. The van der Waals surface area contributed by atoms with Crippen LogP contribution in [0.1, 0.15) is 0 Å². The summed E-state index contributed by atoms with van der Waals surface area (Å²) in [4.78, 5) is -0.393. The summed E-state index contributed by atoms with van der Waals surface area (Å²) in [6.45, 7) is 0. The van der Waals surface area contributed by atoms with Crippen molar-refractivity contribution < 1.29 is 8.42 Å². The summed E-state index contributed by atoms with van der Waals surface area (Å²) in [5.41, 5.74) is 0. The van der Waals surface area contributed by atoms with E-state index in [2.05, 4.69) is 12.6 Å². The zero-order chi connectivity index (χ0) is 10.5. The Kier molecular flexibility index (Phi) is 10.2. The van der Waals surface area contributed by atoms with Gasteiger partial charge in [0.15, 0.2) is 14.7 Å². The van der Waals surface area contributed by atoms with Crippen molar-refractivity contribution in [3.63, 3.8) is 0 Å². The number of nitriles is 2. The van der Waals surface area contributed by atoms with Gasteiger partial charge in [-0.05, 0) is 0 Å². The van der Waals surface area contributed by atoms with Crippen LogP contribution in [0.2, 0.25) is 0 Å². The first-order valence-corrected chi connectivity index (χ1v) is 6.29. The zero-order valence-electron chi connectivity index (χ0n) is 7.68. The van der Waals surface area contributed by atoms with Gasteiger partial charge in [0.25, 0.3) is 0 Å². The first-order valence-electron chi connectivity index (χ1n) is 2.96. The van der Waals surface area contributed by atoms with E-state index in [0.29, 0.717) is 0 Å². The predicted octanol–water partition coefficient (Wildman–Crippen LogP) is 0.529. The molecule has 0 unspecified atom stereocenters. The molecule has 4 nitrogen and oxygen atoms in total. The van der Waals surface area contributed by atoms with Crippen LogP contribution in [0.5, 0.6) is 0 Å². The van der Waals surface area contributed by atoms with Gasteiger partial charge in [0.1, 0.15) is 6.07 Å². The fourth-order valence-corrected chi connectivity index (χ4v) is 2.69. The molecule has 0 fully saturated rings. The minimum absolute atomic E-state index is 0.